The van der Waals surface area contributed by atoms with Gasteiger partial charge in [0.05, 0.1) is 29.9 Å². The molecule has 0 atom stereocenters. The predicted molar refractivity (Wildman–Crippen MR) is 90.8 cm³/mol. The lowest BCUT2D eigenvalue weighted by Crippen LogP contribution is -2.30. The largest absolute Gasteiger partial charge is 0.468 e. The van der Waals surface area contributed by atoms with Crippen LogP contribution in [0.2, 0.25) is 5.02 Å². The van der Waals surface area contributed by atoms with Gasteiger partial charge in [-0.2, -0.15) is 4.31 Å². The molecule has 3 aromatic rings. The first-order valence-electron chi connectivity index (χ1n) is 7.24. The monoisotopic (exact) mass is 362 g/mol. The molecule has 0 saturated heterocycles. The fraction of sp³-hybridized carbons (Fsp3) is 0.118. The molecule has 0 amide bonds. The van der Waals surface area contributed by atoms with E-state index >= 15 is 0 Å². The Morgan fingerprint density at radius 1 is 1.04 bits per heavy atom. The van der Waals surface area contributed by atoms with Gasteiger partial charge in [-0.1, -0.05) is 23.7 Å². The summed E-state index contributed by atoms with van der Waals surface area (Å²) in [6.45, 7) is 0.245. The summed E-state index contributed by atoms with van der Waals surface area (Å²) in [5, 5.41) is 0.367. The van der Waals surface area contributed by atoms with E-state index < -0.39 is 10.0 Å². The van der Waals surface area contributed by atoms with Crippen LogP contribution in [0.25, 0.3) is 0 Å². The van der Waals surface area contributed by atoms with E-state index in [1.165, 1.54) is 22.7 Å². The molecule has 2 aromatic heterocycles. The normalized spacial score (nSPS) is 11.8. The third-order valence-electron chi connectivity index (χ3n) is 3.41. The molecule has 0 spiro atoms. The van der Waals surface area contributed by atoms with Gasteiger partial charge in [0, 0.05) is 11.2 Å². The lowest BCUT2D eigenvalue weighted by atomic mass is 10.3. The highest BCUT2D eigenvalue weighted by Gasteiger charge is 2.26. The van der Waals surface area contributed by atoms with Crippen LogP contribution in [0.5, 0.6) is 0 Å². The van der Waals surface area contributed by atoms with Gasteiger partial charge in [-0.05, 0) is 42.5 Å². The standard InChI is InChI=1S/C17H15ClN2O3S/c18-14-5-3-8-17(11-14)24(21,22)20(13-16-7-4-10-23-16)12-15-6-1-2-9-19-15/h1-11H,12-13H2. The van der Waals surface area contributed by atoms with Crippen molar-refractivity contribution in [2.45, 2.75) is 18.0 Å². The zero-order chi connectivity index (χ0) is 17.0. The van der Waals surface area contributed by atoms with Crippen molar-refractivity contribution in [3.63, 3.8) is 0 Å². The first-order valence-corrected chi connectivity index (χ1v) is 9.05. The first-order chi connectivity index (χ1) is 11.6. The smallest absolute Gasteiger partial charge is 0.243 e. The number of furan rings is 1. The van der Waals surface area contributed by atoms with Crippen LogP contribution in [0.1, 0.15) is 11.5 Å². The van der Waals surface area contributed by atoms with Gasteiger partial charge in [0.2, 0.25) is 10.0 Å². The number of nitrogens with zero attached hydrogens (tertiary/aromatic N) is 2. The van der Waals surface area contributed by atoms with Crippen LogP contribution in [0, 0.1) is 0 Å². The van der Waals surface area contributed by atoms with Crippen molar-refractivity contribution in [2.75, 3.05) is 0 Å². The molecule has 0 unspecified atom stereocenters. The fourth-order valence-corrected chi connectivity index (χ4v) is 3.93. The van der Waals surface area contributed by atoms with E-state index in [0.717, 1.165) is 0 Å². The molecule has 0 bridgehead atoms. The zero-order valence-corrected chi connectivity index (χ0v) is 14.2. The third kappa shape index (κ3) is 3.84. The maximum atomic E-state index is 13.0. The highest BCUT2D eigenvalue weighted by atomic mass is 35.5. The SMILES string of the molecule is O=S(=O)(c1cccc(Cl)c1)N(Cc1ccccn1)Cc1ccco1. The minimum absolute atomic E-state index is 0.110. The second kappa shape index (κ2) is 7.17. The van der Waals surface area contributed by atoms with Crippen LogP contribution in [0.15, 0.2) is 76.4 Å². The molecule has 0 aliphatic heterocycles. The molecule has 1 aromatic carbocycles. The second-order valence-electron chi connectivity index (χ2n) is 5.13. The van der Waals surface area contributed by atoms with Crippen molar-refractivity contribution < 1.29 is 12.8 Å². The number of hydrogen-bond acceptors (Lipinski definition) is 4. The Labute approximate surface area is 145 Å². The lowest BCUT2D eigenvalue weighted by molar-refractivity contribution is 0.355. The van der Waals surface area contributed by atoms with Crippen molar-refractivity contribution in [1.82, 2.24) is 9.29 Å². The number of aromatic nitrogens is 1. The maximum Gasteiger partial charge on any atom is 0.243 e. The second-order valence-corrected chi connectivity index (χ2v) is 7.51. The topological polar surface area (TPSA) is 63.4 Å². The summed E-state index contributed by atoms with van der Waals surface area (Å²) in [6.07, 6.45) is 3.15. The summed E-state index contributed by atoms with van der Waals surface area (Å²) in [5.74, 6) is 0.552. The van der Waals surface area contributed by atoms with Crippen LogP contribution >= 0.6 is 11.6 Å². The number of pyridine rings is 1. The summed E-state index contributed by atoms with van der Waals surface area (Å²) >= 11 is 5.94. The summed E-state index contributed by atoms with van der Waals surface area (Å²) in [7, 11) is -3.75. The molecule has 0 saturated carbocycles. The van der Waals surface area contributed by atoms with Crippen molar-refractivity contribution >= 4 is 21.6 Å². The third-order valence-corrected chi connectivity index (χ3v) is 5.43. The van der Waals surface area contributed by atoms with Gasteiger partial charge in [-0.25, -0.2) is 8.42 Å². The van der Waals surface area contributed by atoms with E-state index in [2.05, 4.69) is 4.98 Å². The predicted octanol–water partition coefficient (Wildman–Crippen LogP) is 3.72. The Bertz CT molecular complexity index is 897. The molecule has 0 N–H and O–H groups in total. The van der Waals surface area contributed by atoms with Crippen LogP contribution in [-0.2, 0) is 23.1 Å². The van der Waals surface area contributed by atoms with E-state index in [4.69, 9.17) is 16.0 Å². The Kier molecular flexibility index (Phi) is 4.99. The highest BCUT2D eigenvalue weighted by molar-refractivity contribution is 7.89. The van der Waals surface area contributed by atoms with Gasteiger partial charge < -0.3 is 4.42 Å². The van der Waals surface area contributed by atoms with Crippen molar-refractivity contribution in [3.8, 4) is 0 Å². The fourth-order valence-electron chi connectivity index (χ4n) is 2.25. The first kappa shape index (κ1) is 16.7. The Balaban J connectivity index is 1.96. The Hall–Kier alpha value is -2.15. The van der Waals surface area contributed by atoms with E-state index in [9.17, 15) is 8.42 Å². The van der Waals surface area contributed by atoms with Gasteiger partial charge in [0.1, 0.15) is 5.76 Å². The average Bonchev–Trinajstić information content (AvgIpc) is 3.08. The minimum Gasteiger partial charge on any atom is -0.468 e. The number of hydrogen-bond donors (Lipinski definition) is 0. The van der Waals surface area contributed by atoms with E-state index in [-0.39, 0.29) is 18.0 Å². The van der Waals surface area contributed by atoms with E-state index in [1.54, 1.807) is 42.6 Å². The van der Waals surface area contributed by atoms with Crippen LogP contribution in [0.3, 0.4) is 0 Å². The average molecular weight is 363 g/mol. The molecule has 2 heterocycles. The summed E-state index contributed by atoms with van der Waals surface area (Å²) < 4.78 is 32.6. The molecule has 7 heteroatoms. The number of sulfonamides is 1. The molecule has 5 nitrogen and oxygen atoms in total. The summed E-state index contributed by atoms with van der Waals surface area (Å²) in [6, 6.07) is 15.0. The van der Waals surface area contributed by atoms with E-state index in [1.807, 2.05) is 6.07 Å². The number of rotatable bonds is 6. The zero-order valence-electron chi connectivity index (χ0n) is 12.7. The Morgan fingerprint density at radius 3 is 2.58 bits per heavy atom. The molecule has 0 aliphatic rings. The summed E-state index contributed by atoms with van der Waals surface area (Å²) in [5.41, 5.74) is 0.648. The molecule has 3 rings (SSSR count). The molecule has 0 aliphatic carbocycles. The Morgan fingerprint density at radius 2 is 1.92 bits per heavy atom. The van der Waals surface area contributed by atoms with Crippen LogP contribution in [0.4, 0.5) is 0 Å². The lowest BCUT2D eigenvalue weighted by Gasteiger charge is -2.21. The van der Waals surface area contributed by atoms with Crippen LogP contribution < -0.4 is 0 Å². The van der Waals surface area contributed by atoms with Gasteiger partial charge in [0.15, 0.2) is 0 Å². The van der Waals surface area contributed by atoms with Crippen molar-refractivity contribution in [3.05, 3.63) is 83.5 Å². The summed E-state index contributed by atoms with van der Waals surface area (Å²) in [4.78, 5) is 4.35. The molecule has 24 heavy (non-hydrogen) atoms. The van der Waals surface area contributed by atoms with Gasteiger partial charge in [0.25, 0.3) is 0 Å². The molecule has 0 fully saturated rings. The minimum atomic E-state index is -3.75. The van der Waals surface area contributed by atoms with Crippen molar-refractivity contribution in [1.29, 1.82) is 0 Å². The molecule has 0 radical (unpaired) electrons. The quantitative estimate of drug-likeness (QED) is 0.670. The number of benzene rings is 1. The van der Waals surface area contributed by atoms with Gasteiger partial charge >= 0.3 is 0 Å². The number of halogens is 1. The molecule has 124 valence electrons. The van der Waals surface area contributed by atoms with Gasteiger partial charge in [-0.15, -0.1) is 0 Å². The molecular formula is C17H15ClN2O3S. The van der Waals surface area contributed by atoms with Crippen molar-refractivity contribution in [2.24, 2.45) is 0 Å². The highest BCUT2D eigenvalue weighted by Crippen LogP contribution is 2.23. The van der Waals surface area contributed by atoms with E-state index in [0.29, 0.717) is 16.5 Å². The van der Waals surface area contributed by atoms with Crippen LogP contribution in [-0.4, -0.2) is 17.7 Å². The van der Waals surface area contributed by atoms with Gasteiger partial charge in [-0.3, -0.25) is 4.98 Å². The molecular weight excluding hydrogens is 348 g/mol. The maximum absolute atomic E-state index is 13.0.